The molecule has 2 nitrogen and oxygen atoms in total. The van der Waals surface area contributed by atoms with Crippen LogP contribution in [0.25, 0.3) is 0 Å². The van der Waals surface area contributed by atoms with Crippen LogP contribution in [0.4, 0.5) is 0 Å². The van der Waals surface area contributed by atoms with Crippen LogP contribution in [0.2, 0.25) is 0 Å². The standard InChI is InChI=1S/C4H9N.CH3NS2.Li/c1-2-4-5-3-1;2-1(3)4;/h5H,1-4H2;(H3,2,3,4);/q;;+1/p-1. The largest absolute Gasteiger partial charge is 1.00 e. The minimum Gasteiger partial charge on any atom is -0.415 e. The SMILES string of the molecule is C1CCNC1.NC(=S)[S-].[Li+]. The van der Waals surface area contributed by atoms with Crippen LogP contribution in [0.15, 0.2) is 0 Å². The fourth-order valence-electron chi connectivity index (χ4n) is 0.625. The summed E-state index contributed by atoms with van der Waals surface area (Å²) >= 11 is 8.26. The van der Waals surface area contributed by atoms with Gasteiger partial charge in [-0.3, -0.25) is 0 Å². The average molecular weight is 170 g/mol. The number of rotatable bonds is 0. The van der Waals surface area contributed by atoms with E-state index in [1.165, 1.54) is 25.9 Å². The van der Waals surface area contributed by atoms with E-state index in [4.69, 9.17) is 0 Å². The smallest absolute Gasteiger partial charge is 0.415 e. The molecule has 1 aliphatic rings. The Kier molecular flexibility index (Phi) is 12.8. The average Bonchev–Trinajstić information content (AvgIpc) is 2.11. The van der Waals surface area contributed by atoms with Gasteiger partial charge in [0, 0.05) is 0 Å². The zero-order valence-electron chi connectivity index (χ0n) is 6.22. The van der Waals surface area contributed by atoms with Gasteiger partial charge < -0.3 is 35.9 Å². The van der Waals surface area contributed by atoms with Crippen molar-refractivity contribution < 1.29 is 18.9 Å². The number of nitrogens with two attached hydrogens (primary N) is 1. The van der Waals surface area contributed by atoms with Crippen molar-refractivity contribution in [2.24, 2.45) is 5.73 Å². The van der Waals surface area contributed by atoms with Crippen molar-refractivity contribution in [1.29, 1.82) is 0 Å². The normalized spacial score (nSPS) is 14.4. The van der Waals surface area contributed by atoms with Crippen LogP contribution in [-0.2, 0) is 12.6 Å². The van der Waals surface area contributed by atoms with Crippen molar-refractivity contribution in [3.8, 4) is 0 Å². The molecular weight excluding hydrogens is 159 g/mol. The Morgan fingerprint density at radius 2 is 1.70 bits per heavy atom. The summed E-state index contributed by atoms with van der Waals surface area (Å²) in [4.78, 5) is 0. The molecule has 0 bridgehead atoms. The number of hydrogen-bond acceptors (Lipinski definition) is 3. The third-order valence-corrected chi connectivity index (χ3v) is 0.957. The van der Waals surface area contributed by atoms with Crippen molar-refractivity contribution in [1.82, 2.24) is 5.32 Å². The second-order valence-corrected chi connectivity index (χ2v) is 2.91. The summed E-state index contributed by atoms with van der Waals surface area (Å²) in [6.45, 7) is 2.50. The maximum Gasteiger partial charge on any atom is 1.00 e. The molecule has 0 aromatic rings. The molecule has 1 aliphatic heterocycles. The molecule has 0 atom stereocenters. The van der Waals surface area contributed by atoms with E-state index in [1.54, 1.807) is 0 Å². The summed E-state index contributed by atoms with van der Waals surface area (Å²) in [6.07, 6.45) is 2.78. The molecule has 0 aliphatic carbocycles. The minimum absolute atomic E-state index is 0. The van der Waals surface area contributed by atoms with E-state index in [1.807, 2.05) is 0 Å². The molecule has 0 unspecified atom stereocenters. The van der Waals surface area contributed by atoms with Crippen LogP contribution in [0.3, 0.4) is 0 Å². The molecule has 3 N–H and O–H groups in total. The van der Waals surface area contributed by atoms with Crippen LogP contribution in [0.1, 0.15) is 12.8 Å². The van der Waals surface area contributed by atoms with Gasteiger partial charge in [-0.05, 0) is 25.9 Å². The van der Waals surface area contributed by atoms with Crippen LogP contribution in [0, 0.1) is 0 Å². The molecule has 1 saturated heterocycles. The topological polar surface area (TPSA) is 38.0 Å². The van der Waals surface area contributed by atoms with Crippen molar-refractivity contribution in [2.45, 2.75) is 12.8 Å². The summed E-state index contributed by atoms with van der Waals surface area (Å²) in [5, 5.41) is 3.22. The summed E-state index contributed by atoms with van der Waals surface area (Å²) < 4.78 is 0.0833. The predicted octanol–water partition coefficient (Wildman–Crippen LogP) is -2.85. The first-order valence-corrected chi connectivity index (χ1v) is 3.72. The monoisotopic (exact) mass is 170 g/mol. The van der Waals surface area contributed by atoms with Gasteiger partial charge in [0.2, 0.25) is 0 Å². The molecule has 1 fully saturated rings. The Labute approximate surface area is 84.9 Å². The maximum absolute atomic E-state index is 4.66. The van der Waals surface area contributed by atoms with E-state index in [0.717, 1.165) is 0 Å². The van der Waals surface area contributed by atoms with Crippen molar-refractivity contribution in [3.63, 3.8) is 0 Å². The number of thiocarbonyl (C=S) groups is 1. The van der Waals surface area contributed by atoms with Crippen molar-refractivity contribution in [3.05, 3.63) is 0 Å². The van der Waals surface area contributed by atoms with E-state index in [9.17, 15) is 0 Å². The fourth-order valence-corrected chi connectivity index (χ4v) is 0.625. The van der Waals surface area contributed by atoms with E-state index >= 15 is 0 Å². The molecular formula is C5H11LiN2S2. The van der Waals surface area contributed by atoms with Crippen molar-refractivity contribution >= 4 is 29.2 Å². The molecule has 0 aromatic heterocycles. The second-order valence-electron chi connectivity index (χ2n) is 1.78. The van der Waals surface area contributed by atoms with Gasteiger partial charge in [0.05, 0.1) is 0 Å². The van der Waals surface area contributed by atoms with Gasteiger partial charge in [-0.1, -0.05) is 4.32 Å². The molecule has 0 amide bonds. The van der Waals surface area contributed by atoms with Crippen LogP contribution >= 0.6 is 12.2 Å². The Morgan fingerprint density at radius 1 is 1.40 bits per heavy atom. The predicted molar refractivity (Wildman–Crippen MR) is 46.3 cm³/mol. The molecule has 1 rings (SSSR count). The van der Waals surface area contributed by atoms with Gasteiger partial charge in [0.1, 0.15) is 0 Å². The van der Waals surface area contributed by atoms with Crippen LogP contribution in [-0.4, -0.2) is 17.4 Å². The van der Waals surface area contributed by atoms with E-state index in [2.05, 4.69) is 35.9 Å². The zero-order chi connectivity index (χ0) is 7.11. The Bertz CT molecular complexity index is 74.1. The van der Waals surface area contributed by atoms with Crippen LogP contribution in [0.5, 0.6) is 0 Å². The number of nitrogens with one attached hydrogen (secondary N) is 1. The zero-order valence-corrected chi connectivity index (χ0v) is 7.86. The molecule has 0 spiro atoms. The van der Waals surface area contributed by atoms with Gasteiger partial charge in [0.25, 0.3) is 0 Å². The summed E-state index contributed by atoms with van der Waals surface area (Å²) in [5.41, 5.74) is 4.66. The fraction of sp³-hybridized carbons (Fsp3) is 0.800. The van der Waals surface area contributed by atoms with E-state index in [-0.39, 0.29) is 23.2 Å². The summed E-state index contributed by atoms with van der Waals surface area (Å²) in [7, 11) is 0. The summed E-state index contributed by atoms with van der Waals surface area (Å²) in [5.74, 6) is 0. The molecule has 0 radical (unpaired) electrons. The first kappa shape index (κ1) is 13.3. The third kappa shape index (κ3) is 15.9. The Morgan fingerprint density at radius 3 is 1.80 bits per heavy atom. The van der Waals surface area contributed by atoms with E-state index < -0.39 is 0 Å². The molecule has 54 valence electrons. The molecule has 0 aromatic carbocycles. The Balaban J connectivity index is 0. The van der Waals surface area contributed by atoms with Gasteiger partial charge in [0.15, 0.2) is 0 Å². The van der Waals surface area contributed by atoms with Crippen LogP contribution < -0.4 is 29.9 Å². The molecule has 1 heterocycles. The maximum atomic E-state index is 4.66. The minimum atomic E-state index is 0. The van der Waals surface area contributed by atoms with E-state index in [0.29, 0.717) is 0 Å². The van der Waals surface area contributed by atoms with Crippen molar-refractivity contribution in [2.75, 3.05) is 13.1 Å². The van der Waals surface area contributed by atoms with Gasteiger partial charge >= 0.3 is 18.9 Å². The first-order valence-electron chi connectivity index (χ1n) is 2.90. The number of hydrogen-bond donors (Lipinski definition) is 2. The Hall–Kier alpha value is 0.667. The summed E-state index contributed by atoms with van der Waals surface area (Å²) in [6, 6.07) is 0. The molecule has 5 heteroatoms. The first-order chi connectivity index (χ1) is 4.23. The molecule has 10 heavy (non-hydrogen) atoms. The van der Waals surface area contributed by atoms with Gasteiger partial charge in [-0.15, -0.1) is 0 Å². The third-order valence-electron chi connectivity index (χ3n) is 0.957. The molecule has 0 saturated carbocycles. The van der Waals surface area contributed by atoms with Gasteiger partial charge in [-0.25, -0.2) is 0 Å². The van der Waals surface area contributed by atoms with Gasteiger partial charge in [-0.2, -0.15) is 0 Å². The quantitative estimate of drug-likeness (QED) is 0.233. The second kappa shape index (κ2) is 9.67.